The number of ether oxygens (including phenoxy) is 2. The van der Waals surface area contributed by atoms with E-state index in [-0.39, 0.29) is 29.2 Å². The van der Waals surface area contributed by atoms with Crippen LogP contribution in [0, 0.1) is 5.21 Å². The first-order valence-corrected chi connectivity index (χ1v) is 9.11. The lowest BCUT2D eigenvalue weighted by atomic mass is 9.96. The summed E-state index contributed by atoms with van der Waals surface area (Å²) < 4.78 is 12.6. The van der Waals surface area contributed by atoms with E-state index in [1.54, 1.807) is 7.05 Å². The molecule has 4 rings (SSSR count). The highest BCUT2D eigenvalue weighted by atomic mass is 35.5. The minimum absolute atomic E-state index is 0. The molecule has 2 aromatic carbocycles. The third-order valence-corrected chi connectivity index (χ3v) is 5.56. The fourth-order valence-corrected chi connectivity index (χ4v) is 4.21. The zero-order valence-corrected chi connectivity index (χ0v) is 15.9. The Morgan fingerprint density at radius 2 is 1.54 bits per heavy atom. The van der Waals surface area contributed by atoms with Crippen molar-refractivity contribution >= 4 is 12.4 Å². The van der Waals surface area contributed by atoms with Gasteiger partial charge >= 0.3 is 0 Å². The number of likely N-dealkylation sites (tertiary alicyclic amines) is 1. The molecule has 26 heavy (non-hydrogen) atoms. The second-order valence-corrected chi connectivity index (χ2v) is 7.28. The van der Waals surface area contributed by atoms with Crippen molar-refractivity contribution in [1.82, 2.24) is 0 Å². The molecule has 2 fully saturated rings. The van der Waals surface area contributed by atoms with Gasteiger partial charge in [0, 0.05) is 17.5 Å². The summed E-state index contributed by atoms with van der Waals surface area (Å²) in [7, 11) is 1.78. The number of halogens is 1. The molecule has 0 spiro atoms. The molecule has 0 bridgehead atoms. The Morgan fingerprint density at radius 1 is 0.962 bits per heavy atom. The fraction of sp³-hybridized carbons (Fsp3) is 0.429. The molecule has 0 aliphatic carbocycles. The first-order chi connectivity index (χ1) is 12.1. The first-order valence-electron chi connectivity index (χ1n) is 9.11. The topological polar surface area (TPSA) is 41.5 Å². The third-order valence-electron chi connectivity index (χ3n) is 5.56. The Hall–Kier alpha value is -1.43. The number of nitrogens with zero attached hydrogens (tertiary/aromatic N) is 1. The van der Waals surface area contributed by atoms with Crippen LogP contribution in [0.3, 0.4) is 0 Å². The standard InChI is InChI=1S/C21H25NO3.ClH/c1-22(23)15-9-8-14-19(22)20-16-24-21(25-20,17-10-4-2-5-11-17)18-12-6-3-7-13-18;/h2-7,10-13,19-20H,8-9,14-16H2,1H3;1H/t19?,20-,22?;/m0./s1. The summed E-state index contributed by atoms with van der Waals surface area (Å²) in [4.78, 5) is 0. The molecule has 0 amide bonds. The van der Waals surface area contributed by atoms with Gasteiger partial charge in [-0.05, 0) is 12.8 Å². The van der Waals surface area contributed by atoms with E-state index in [1.165, 1.54) is 0 Å². The zero-order chi connectivity index (χ0) is 17.3. The Labute approximate surface area is 161 Å². The van der Waals surface area contributed by atoms with Gasteiger partial charge in [-0.3, -0.25) is 0 Å². The summed E-state index contributed by atoms with van der Waals surface area (Å²) in [5.41, 5.74) is 1.94. The molecule has 0 saturated carbocycles. The quantitative estimate of drug-likeness (QED) is 0.595. The highest BCUT2D eigenvalue weighted by molar-refractivity contribution is 5.85. The van der Waals surface area contributed by atoms with Gasteiger partial charge in [-0.2, -0.15) is 0 Å². The number of hydrogen-bond donors (Lipinski definition) is 0. The summed E-state index contributed by atoms with van der Waals surface area (Å²) in [6, 6.07) is 20.0. The molecule has 4 nitrogen and oxygen atoms in total. The minimum Gasteiger partial charge on any atom is -0.633 e. The van der Waals surface area contributed by atoms with Gasteiger partial charge in [0.1, 0.15) is 12.1 Å². The van der Waals surface area contributed by atoms with Gasteiger partial charge < -0.3 is 19.3 Å². The largest absolute Gasteiger partial charge is 0.633 e. The molecular formula is C21H26ClNO3. The maximum absolute atomic E-state index is 12.9. The SMILES string of the molecule is C[N+]1([O-])CCCCC1[C@@H]1COC(c2ccccc2)(c2ccccc2)O1.Cl. The second kappa shape index (κ2) is 7.67. The molecular weight excluding hydrogens is 350 g/mol. The third kappa shape index (κ3) is 3.40. The highest BCUT2D eigenvalue weighted by Gasteiger charge is 2.50. The van der Waals surface area contributed by atoms with E-state index >= 15 is 0 Å². The summed E-state index contributed by atoms with van der Waals surface area (Å²) in [5.74, 6) is -0.926. The fourth-order valence-electron chi connectivity index (χ4n) is 4.21. The van der Waals surface area contributed by atoms with Gasteiger partial charge in [0.05, 0.1) is 20.2 Å². The van der Waals surface area contributed by atoms with Crippen LogP contribution < -0.4 is 0 Å². The number of hydroxylamine groups is 3. The van der Waals surface area contributed by atoms with Crippen LogP contribution in [0.15, 0.2) is 60.7 Å². The van der Waals surface area contributed by atoms with Crippen molar-refractivity contribution in [2.45, 2.75) is 37.2 Å². The van der Waals surface area contributed by atoms with Gasteiger partial charge in [-0.15, -0.1) is 12.4 Å². The van der Waals surface area contributed by atoms with Crippen LogP contribution in [0.5, 0.6) is 0 Å². The summed E-state index contributed by atoms with van der Waals surface area (Å²) >= 11 is 0. The van der Waals surface area contributed by atoms with Crippen LogP contribution in [-0.4, -0.2) is 37.0 Å². The van der Waals surface area contributed by atoms with E-state index < -0.39 is 5.79 Å². The molecule has 0 aromatic heterocycles. The number of rotatable bonds is 3. The number of hydrogen-bond acceptors (Lipinski definition) is 3. The van der Waals surface area contributed by atoms with Crippen LogP contribution in [0.4, 0.5) is 0 Å². The van der Waals surface area contributed by atoms with Crippen LogP contribution in [0.25, 0.3) is 0 Å². The number of likely N-dealkylation sites (N-methyl/N-ethyl adjacent to an activating group) is 1. The Kier molecular flexibility index (Phi) is 5.70. The number of piperidine rings is 1. The Morgan fingerprint density at radius 3 is 2.08 bits per heavy atom. The first kappa shape index (κ1) is 19.3. The Bertz CT molecular complexity index is 668. The van der Waals surface area contributed by atoms with E-state index in [0.29, 0.717) is 13.2 Å². The molecule has 5 heteroatoms. The molecule has 2 saturated heterocycles. The molecule has 2 aliphatic rings. The van der Waals surface area contributed by atoms with Crippen molar-refractivity contribution in [2.75, 3.05) is 20.2 Å². The lowest BCUT2D eigenvalue weighted by Gasteiger charge is -2.50. The monoisotopic (exact) mass is 375 g/mol. The zero-order valence-electron chi connectivity index (χ0n) is 15.0. The predicted molar refractivity (Wildman–Crippen MR) is 104 cm³/mol. The van der Waals surface area contributed by atoms with Crippen LogP contribution in [0.1, 0.15) is 30.4 Å². The van der Waals surface area contributed by atoms with Crippen molar-refractivity contribution in [1.29, 1.82) is 0 Å². The minimum atomic E-state index is -0.926. The van der Waals surface area contributed by atoms with Gasteiger partial charge in [-0.25, -0.2) is 0 Å². The molecule has 0 N–H and O–H groups in total. The summed E-state index contributed by atoms with van der Waals surface area (Å²) in [6.45, 7) is 1.11. The Balaban J connectivity index is 0.00000196. The molecule has 140 valence electrons. The molecule has 2 aromatic rings. The molecule has 2 heterocycles. The average molecular weight is 376 g/mol. The van der Waals surface area contributed by atoms with E-state index in [9.17, 15) is 5.21 Å². The van der Waals surface area contributed by atoms with Crippen LogP contribution in [0.2, 0.25) is 0 Å². The predicted octanol–water partition coefficient (Wildman–Crippen LogP) is 4.22. The highest BCUT2D eigenvalue weighted by Crippen LogP contribution is 2.43. The molecule has 2 unspecified atom stereocenters. The van der Waals surface area contributed by atoms with Gasteiger partial charge in [0.2, 0.25) is 5.79 Å². The smallest absolute Gasteiger partial charge is 0.223 e. The lowest BCUT2D eigenvalue weighted by molar-refractivity contribution is -0.895. The van der Waals surface area contributed by atoms with Crippen molar-refractivity contribution < 1.29 is 14.1 Å². The van der Waals surface area contributed by atoms with Crippen LogP contribution >= 0.6 is 12.4 Å². The van der Waals surface area contributed by atoms with Crippen molar-refractivity contribution in [3.8, 4) is 0 Å². The second-order valence-electron chi connectivity index (χ2n) is 7.28. The summed E-state index contributed by atoms with van der Waals surface area (Å²) in [5, 5.41) is 12.9. The average Bonchev–Trinajstić information content (AvgIpc) is 3.09. The molecule has 0 radical (unpaired) electrons. The maximum Gasteiger partial charge on any atom is 0.223 e. The van der Waals surface area contributed by atoms with E-state index in [1.807, 2.05) is 60.7 Å². The van der Waals surface area contributed by atoms with Crippen molar-refractivity contribution in [2.24, 2.45) is 0 Å². The molecule has 2 aliphatic heterocycles. The lowest BCUT2D eigenvalue weighted by Crippen LogP contribution is -2.56. The number of quaternary nitrogens is 1. The maximum atomic E-state index is 12.9. The van der Waals surface area contributed by atoms with Gasteiger partial charge in [-0.1, -0.05) is 60.7 Å². The molecule has 3 atom stereocenters. The van der Waals surface area contributed by atoms with Gasteiger partial charge in [0.15, 0.2) is 0 Å². The van der Waals surface area contributed by atoms with E-state index in [0.717, 1.165) is 30.4 Å². The van der Waals surface area contributed by atoms with E-state index in [4.69, 9.17) is 9.47 Å². The summed E-state index contributed by atoms with van der Waals surface area (Å²) in [6.07, 6.45) is 2.79. The van der Waals surface area contributed by atoms with Crippen molar-refractivity contribution in [3.05, 3.63) is 77.0 Å². The van der Waals surface area contributed by atoms with Crippen LogP contribution in [-0.2, 0) is 15.3 Å². The van der Waals surface area contributed by atoms with Crippen molar-refractivity contribution in [3.63, 3.8) is 0 Å². The normalized spacial score (nSPS) is 30.5. The number of benzene rings is 2. The van der Waals surface area contributed by atoms with E-state index in [2.05, 4.69) is 0 Å². The van der Waals surface area contributed by atoms with Gasteiger partial charge in [0.25, 0.3) is 0 Å².